The fourth-order valence-corrected chi connectivity index (χ4v) is 3.06. The summed E-state index contributed by atoms with van der Waals surface area (Å²) in [5, 5.41) is 0. The molecule has 116 valence electrons. The summed E-state index contributed by atoms with van der Waals surface area (Å²) in [6, 6.07) is 14.5. The van der Waals surface area contributed by atoms with Gasteiger partial charge in [-0.2, -0.15) is 0 Å². The van der Waals surface area contributed by atoms with Gasteiger partial charge in [-0.25, -0.2) is 18.4 Å². The van der Waals surface area contributed by atoms with E-state index in [1.807, 2.05) is 0 Å². The van der Waals surface area contributed by atoms with Crippen LogP contribution in [-0.4, -0.2) is 24.3 Å². The maximum atomic E-state index is 12.4. The largest absolute Gasteiger partial charge is 0.364 e. The highest BCUT2D eigenvalue weighted by molar-refractivity contribution is 7.92. The van der Waals surface area contributed by atoms with Crippen molar-refractivity contribution in [2.45, 2.75) is 4.90 Å². The molecule has 1 heterocycles. The number of para-hydroxylation sites is 2. The Morgan fingerprint density at radius 1 is 0.913 bits per heavy atom. The second-order valence-electron chi connectivity index (χ2n) is 4.69. The van der Waals surface area contributed by atoms with Gasteiger partial charge >= 0.3 is 0 Å². The van der Waals surface area contributed by atoms with Crippen LogP contribution >= 0.6 is 0 Å². The summed E-state index contributed by atoms with van der Waals surface area (Å²) in [4.78, 5) is 19.9. The van der Waals surface area contributed by atoms with E-state index in [-0.39, 0.29) is 16.4 Å². The van der Waals surface area contributed by atoms with Gasteiger partial charge in [0.1, 0.15) is 0 Å². The van der Waals surface area contributed by atoms with Crippen molar-refractivity contribution < 1.29 is 13.2 Å². The lowest BCUT2D eigenvalue weighted by Gasteiger charge is -2.10. The zero-order valence-corrected chi connectivity index (χ0v) is 12.6. The molecule has 0 atom stereocenters. The fourth-order valence-electron chi connectivity index (χ4n) is 2.03. The standard InChI is InChI=1S/C15H12N4O3S/c16-14(20)13-15(18-12-9-5-4-8-11(12)17-13)19-23(21,22)10-6-2-1-3-7-10/h1-9H,(H2,16,20)(H,18,19). The minimum Gasteiger partial charge on any atom is -0.364 e. The van der Waals surface area contributed by atoms with Crippen LogP contribution in [0.15, 0.2) is 59.5 Å². The van der Waals surface area contributed by atoms with Crippen LogP contribution in [0, 0.1) is 0 Å². The Morgan fingerprint density at radius 3 is 2.09 bits per heavy atom. The number of primary amides is 1. The molecule has 23 heavy (non-hydrogen) atoms. The number of nitrogens with two attached hydrogens (primary N) is 1. The third kappa shape index (κ3) is 2.97. The molecule has 3 aromatic rings. The van der Waals surface area contributed by atoms with Crippen LogP contribution in [0.5, 0.6) is 0 Å². The lowest BCUT2D eigenvalue weighted by atomic mass is 10.3. The van der Waals surface area contributed by atoms with Gasteiger partial charge in [0.2, 0.25) is 0 Å². The van der Waals surface area contributed by atoms with E-state index in [2.05, 4.69) is 14.7 Å². The highest BCUT2D eigenvalue weighted by Gasteiger charge is 2.20. The molecule has 0 saturated heterocycles. The second kappa shape index (κ2) is 5.65. The number of hydrogen-bond donors (Lipinski definition) is 2. The topological polar surface area (TPSA) is 115 Å². The average Bonchev–Trinajstić information content (AvgIpc) is 2.54. The van der Waals surface area contributed by atoms with Gasteiger partial charge in [0.25, 0.3) is 15.9 Å². The smallest absolute Gasteiger partial charge is 0.271 e. The number of carbonyl (C=O) groups excluding carboxylic acids is 1. The number of nitrogens with one attached hydrogen (secondary N) is 1. The molecule has 0 spiro atoms. The van der Waals surface area contributed by atoms with Crippen molar-refractivity contribution >= 4 is 32.8 Å². The molecule has 3 N–H and O–H groups in total. The summed E-state index contributed by atoms with van der Waals surface area (Å²) in [6.07, 6.45) is 0. The summed E-state index contributed by atoms with van der Waals surface area (Å²) in [7, 11) is -3.90. The van der Waals surface area contributed by atoms with E-state index in [1.54, 1.807) is 42.5 Å². The van der Waals surface area contributed by atoms with Crippen LogP contribution in [-0.2, 0) is 10.0 Å². The monoisotopic (exact) mass is 328 g/mol. The van der Waals surface area contributed by atoms with Crippen molar-refractivity contribution in [3.8, 4) is 0 Å². The lowest BCUT2D eigenvalue weighted by Crippen LogP contribution is -2.21. The maximum absolute atomic E-state index is 12.4. The van der Waals surface area contributed by atoms with Crippen LogP contribution in [0.4, 0.5) is 5.82 Å². The number of benzene rings is 2. The number of nitrogens with zero attached hydrogens (tertiary/aromatic N) is 2. The molecule has 3 rings (SSSR count). The molecule has 0 fully saturated rings. The highest BCUT2D eigenvalue weighted by atomic mass is 32.2. The predicted octanol–water partition coefficient (Wildman–Crippen LogP) is 1.53. The molecule has 0 radical (unpaired) electrons. The molecule has 0 bridgehead atoms. The zero-order chi connectivity index (χ0) is 16.4. The van der Waals surface area contributed by atoms with Crippen LogP contribution in [0.2, 0.25) is 0 Å². The molecular formula is C15H12N4O3S. The third-order valence-corrected chi connectivity index (χ3v) is 4.44. The van der Waals surface area contributed by atoms with Crippen LogP contribution in [0.25, 0.3) is 11.0 Å². The van der Waals surface area contributed by atoms with E-state index in [4.69, 9.17) is 5.73 Å². The molecule has 1 aromatic heterocycles. The normalized spacial score (nSPS) is 11.3. The lowest BCUT2D eigenvalue weighted by molar-refractivity contribution is 0.0996. The Morgan fingerprint density at radius 2 is 1.48 bits per heavy atom. The molecule has 0 aliphatic carbocycles. The van der Waals surface area contributed by atoms with Crippen molar-refractivity contribution in [1.82, 2.24) is 9.97 Å². The first-order valence-electron chi connectivity index (χ1n) is 6.62. The number of sulfonamides is 1. The minimum absolute atomic E-state index is 0.0466. The highest BCUT2D eigenvalue weighted by Crippen LogP contribution is 2.20. The molecule has 0 unspecified atom stereocenters. The quantitative estimate of drug-likeness (QED) is 0.753. The van der Waals surface area contributed by atoms with Crippen molar-refractivity contribution in [3.05, 3.63) is 60.3 Å². The Balaban J connectivity index is 2.12. The van der Waals surface area contributed by atoms with Gasteiger partial charge in [-0.1, -0.05) is 30.3 Å². The van der Waals surface area contributed by atoms with Gasteiger partial charge < -0.3 is 5.73 Å². The van der Waals surface area contributed by atoms with Gasteiger partial charge in [-0.15, -0.1) is 0 Å². The van der Waals surface area contributed by atoms with E-state index < -0.39 is 15.9 Å². The number of fused-ring (bicyclic) bond motifs is 1. The molecule has 0 aliphatic rings. The molecule has 8 heteroatoms. The van der Waals surface area contributed by atoms with Crippen molar-refractivity contribution in [2.75, 3.05) is 4.72 Å². The summed E-state index contributed by atoms with van der Waals surface area (Å²) < 4.78 is 27.0. The molecule has 2 aromatic carbocycles. The Labute approximate surface area is 132 Å². The first-order valence-corrected chi connectivity index (χ1v) is 8.10. The number of carbonyl (C=O) groups is 1. The summed E-state index contributed by atoms with van der Waals surface area (Å²) >= 11 is 0. The minimum atomic E-state index is -3.90. The summed E-state index contributed by atoms with van der Waals surface area (Å²) in [6.45, 7) is 0. The van der Waals surface area contributed by atoms with Crippen LogP contribution < -0.4 is 10.5 Å². The SMILES string of the molecule is NC(=O)c1nc2ccccc2nc1NS(=O)(=O)c1ccccc1. The number of amides is 1. The second-order valence-corrected chi connectivity index (χ2v) is 6.37. The third-order valence-electron chi connectivity index (χ3n) is 3.09. The molecule has 1 amide bonds. The Kier molecular flexibility index (Phi) is 3.67. The number of hydrogen-bond acceptors (Lipinski definition) is 5. The fraction of sp³-hybridized carbons (Fsp3) is 0. The van der Waals surface area contributed by atoms with Crippen LogP contribution in [0.3, 0.4) is 0 Å². The summed E-state index contributed by atoms with van der Waals surface area (Å²) in [5.41, 5.74) is 5.95. The molecule has 0 saturated carbocycles. The van der Waals surface area contributed by atoms with Gasteiger partial charge in [-0.05, 0) is 24.3 Å². The number of anilines is 1. The van der Waals surface area contributed by atoms with Gasteiger partial charge in [0, 0.05) is 0 Å². The molecular weight excluding hydrogens is 316 g/mol. The molecule has 7 nitrogen and oxygen atoms in total. The van der Waals surface area contributed by atoms with Crippen molar-refractivity contribution in [1.29, 1.82) is 0 Å². The Hall–Kier alpha value is -3.00. The summed E-state index contributed by atoms with van der Waals surface area (Å²) in [5.74, 6) is -1.06. The number of rotatable bonds is 4. The van der Waals surface area contributed by atoms with E-state index in [0.29, 0.717) is 11.0 Å². The van der Waals surface area contributed by atoms with E-state index in [9.17, 15) is 13.2 Å². The van der Waals surface area contributed by atoms with Crippen molar-refractivity contribution in [2.24, 2.45) is 5.73 Å². The number of aromatic nitrogens is 2. The maximum Gasteiger partial charge on any atom is 0.271 e. The first kappa shape index (κ1) is 14.9. The van der Waals surface area contributed by atoms with E-state index in [1.165, 1.54) is 12.1 Å². The van der Waals surface area contributed by atoms with Crippen LogP contribution in [0.1, 0.15) is 10.5 Å². The van der Waals surface area contributed by atoms with E-state index in [0.717, 1.165) is 0 Å². The first-order chi connectivity index (χ1) is 11.0. The van der Waals surface area contributed by atoms with Gasteiger partial charge in [-0.3, -0.25) is 9.52 Å². The predicted molar refractivity (Wildman–Crippen MR) is 85.3 cm³/mol. The average molecular weight is 328 g/mol. The van der Waals surface area contributed by atoms with Crippen molar-refractivity contribution in [3.63, 3.8) is 0 Å². The van der Waals surface area contributed by atoms with E-state index >= 15 is 0 Å². The van der Waals surface area contributed by atoms with Gasteiger partial charge in [0.15, 0.2) is 11.5 Å². The van der Waals surface area contributed by atoms with Gasteiger partial charge in [0.05, 0.1) is 15.9 Å². The molecule has 0 aliphatic heterocycles. The Bertz CT molecular complexity index is 988. The zero-order valence-electron chi connectivity index (χ0n) is 11.8.